The molecular formula is C28H35ClN8O3S. The summed E-state index contributed by atoms with van der Waals surface area (Å²) in [6.07, 6.45) is 4.57. The van der Waals surface area contributed by atoms with E-state index in [0.717, 1.165) is 34.8 Å². The Hall–Kier alpha value is -3.48. The molecule has 1 aliphatic rings. The highest BCUT2D eigenvalue weighted by Crippen LogP contribution is 2.42. The second-order valence-corrected chi connectivity index (χ2v) is 13.6. The molecule has 11 nitrogen and oxygen atoms in total. The fraction of sp³-hybridized carbons (Fsp3) is 0.429. The van der Waals surface area contributed by atoms with Gasteiger partial charge in [0, 0.05) is 26.8 Å². The van der Waals surface area contributed by atoms with E-state index in [4.69, 9.17) is 26.7 Å². The lowest BCUT2D eigenvalue weighted by Gasteiger charge is -2.26. The number of benzene rings is 1. The van der Waals surface area contributed by atoms with Crippen LogP contribution in [0, 0.1) is 11.8 Å². The Balaban J connectivity index is 1.57. The monoisotopic (exact) mass is 598 g/mol. The van der Waals surface area contributed by atoms with E-state index < -0.39 is 15.6 Å². The summed E-state index contributed by atoms with van der Waals surface area (Å²) in [7, 11) is -0.400. The second kappa shape index (κ2) is 11.1. The van der Waals surface area contributed by atoms with Gasteiger partial charge in [0.05, 0.1) is 34.6 Å². The van der Waals surface area contributed by atoms with Crippen molar-refractivity contribution in [1.82, 2.24) is 25.0 Å². The molecule has 0 spiro atoms. The molecule has 1 saturated carbocycles. The van der Waals surface area contributed by atoms with Gasteiger partial charge in [0.1, 0.15) is 5.82 Å². The van der Waals surface area contributed by atoms with Crippen LogP contribution < -0.4 is 14.9 Å². The van der Waals surface area contributed by atoms with E-state index in [9.17, 15) is 8.42 Å². The van der Waals surface area contributed by atoms with Gasteiger partial charge in [0.2, 0.25) is 21.8 Å². The fourth-order valence-electron chi connectivity index (χ4n) is 4.76. The van der Waals surface area contributed by atoms with Gasteiger partial charge in [-0.3, -0.25) is 8.99 Å². The van der Waals surface area contributed by atoms with E-state index in [2.05, 4.69) is 27.1 Å². The average Bonchev–Trinajstić information content (AvgIpc) is 3.25. The van der Waals surface area contributed by atoms with Crippen LogP contribution in [0.5, 0.6) is 0 Å². The predicted molar refractivity (Wildman–Crippen MR) is 159 cm³/mol. The number of aryl methyl sites for hydroxylation is 1. The van der Waals surface area contributed by atoms with Crippen LogP contribution in [0.2, 0.25) is 5.02 Å². The van der Waals surface area contributed by atoms with Crippen LogP contribution in [0.1, 0.15) is 37.4 Å². The quantitative estimate of drug-likeness (QED) is 0.272. The topological polar surface area (TPSA) is 136 Å². The molecule has 3 atom stereocenters. The first-order valence-corrected chi connectivity index (χ1v) is 15.6. The smallest absolute Gasteiger partial charge is 0.249 e. The molecule has 1 fully saturated rings. The van der Waals surface area contributed by atoms with Crippen molar-refractivity contribution in [3.8, 4) is 11.5 Å². The second-order valence-electron chi connectivity index (χ2n) is 11.2. The normalized spacial score (nSPS) is 18.2. The van der Waals surface area contributed by atoms with Gasteiger partial charge in [0.15, 0.2) is 5.82 Å². The van der Waals surface area contributed by atoms with E-state index in [1.807, 2.05) is 56.6 Å². The van der Waals surface area contributed by atoms with Crippen molar-refractivity contribution in [2.24, 2.45) is 24.6 Å². The lowest BCUT2D eigenvalue weighted by atomic mass is 9.94. The largest absolute Gasteiger partial charge is 0.419 e. The Labute approximate surface area is 245 Å². The Bertz CT molecular complexity index is 1640. The van der Waals surface area contributed by atoms with Crippen LogP contribution in [0.3, 0.4) is 0 Å². The minimum Gasteiger partial charge on any atom is -0.419 e. The number of anilines is 2. The number of hydrogen-bond donors (Lipinski definition) is 1. The SMILES string of the molecule is CC1CC1CN(Cc1ccn(C)n1)c1cc(-c2nnc([C@@](C)(N)Cc3ccccc3)o2)c(Cl)c(N(C)S(C)(=O)=O)n1. The molecule has 3 heterocycles. The van der Waals surface area contributed by atoms with Gasteiger partial charge in [-0.25, -0.2) is 13.4 Å². The number of rotatable bonds is 11. The Kier molecular flexibility index (Phi) is 7.84. The lowest BCUT2D eigenvalue weighted by Crippen LogP contribution is -2.35. The van der Waals surface area contributed by atoms with Crippen molar-refractivity contribution >= 4 is 33.3 Å². The standard InChI is InChI=1S/C28H35ClN8O3S/c1-18-13-20(18)16-37(17-21-11-12-35(3)34-21)23-14-22(24(29)25(31-23)36(4)41(5,38)39)26-32-33-27(40-26)28(2,30)15-19-9-7-6-8-10-19/h6-12,14,18,20H,13,15-17,30H2,1-5H3/t18?,20?,28-/m0/s1. The van der Waals surface area contributed by atoms with E-state index in [-0.39, 0.29) is 22.6 Å². The van der Waals surface area contributed by atoms with Crippen molar-refractivity contribution < 1.29 is 12.8 Å². The molecule has 4 aromatic rings. The third-order valence-electron chi connectivity index (χ3n) is 7.46. The molecule has 0 bridgehead atoms. The molecule has 1 aromatic carbocycles. The van der Waals surface area contributed by atoms with E-state index in [1.54, 1.807) is 10.7 Å². The highest BCUT2D eigenvalue weighted by atomic mass is 35.5. The van der Waals surface area contributed by atoms with Crippen LogP contribution in [0.4, 0.5) is 11.6 Å². The summed E-state index contributed by atoms with van der Waals surface area (Å²) in [5.41, 5.74) is 7.93. The number of pyridine rings is 1. The number of hydrogen-bond acceptors (Lipinski definition) is 9. The molecule has 5 rings (SSSR count). The molecule has 218 valence electrons. The molecule has 41 heavy (non-hydrogen) atoms. The van der Waals surface area contributed by atoms with Crippen molar-refractivity contribution in [3.63, 3.8) is 0 Å². The molecule has 0 amide bonds. The van der Waals surface area contributed by atoms with Gasteiger partial charge >= 0.3 is 0 Å². The highest BCUT2D eigenvalue weighted by molar-refractivity contribution is 7.92. The highest BCUT2D eigenvalue weighted by Gasteiger charge is 2.36. The molecule has 0 saturated heterocycles. The summed E-state index contributed by atoms with van der Waals surface area (Å²) in [5.74, 6) is 2.04. The summed E-state index contributed by atoms with van der Waals surface area (Å²) < 4.78 is 34.1. The average molecular weight is 599 g/mol. The number of sulfonamides is 1. The Morgan fingerprint density at radius 3 is 2.54 bits per heavy atom. The van der Waals surface area contributed by atoms with E-state index in [0.29, 0.717) is 36.2 Å². The lowest BCUT2D eigenvalue weighted by molar-refractivity contribution is 0.355. The third kappa shape index (κ3) is 6.55. The molecular weight excluding hydrogens is 564 g/mol. The van der Waals surface area contributed by atoms with Crippen LogP contribution >= 0.6 is 11.6 Å². The zero-order chi connectivity index (χ0) is 29.5. The first-order chi connectivity index (χ1) is 19.3. The third-order valence-corrected chi connectivity index (χ3v) is 9.00. The summed E-state index contributed by atoms with van der Waals surface area (Å²) in [6, 6.07) is 13.5. The van der Waals surface area contributed by atoms with Gasteiger partial charge < -0.3 is 15.1 Å². The number of halogens is 1. The first kappa shape index (κ1) is 29.0. The maximum absolute atomic E-state index is 12.6. The minimum atomic E-state index is -3.68. The Morgan fingerprint density at radius 1 is 1.22 bits per heavy atom. The van der Waals surface area contributed by atoms with Crippen molar-refractivity contribution in [2.45, 2.75) is 38.8 Å². The van der Waals surface area contributed by atoms with Crippen molar-refractivity contribution in [1.29, 1.82) is 0 Å². The number of nitrogens with zero attached hydrogens (tertiary/aromatic N) is 7. The van der Waals surface area contributed by atoms with Crippen molar-refractivity contribution in [2.75, 3.05) is 29.1 Å². The van der Waals surface area contributed by atoms with E-state index >= 15 is 0 Å². The van der Waals surface area contributed by atoms with Crippen LogP contribution in [0.15, 0.2) is 53.1 Å². The number of aromatic nitrogens is 5. The van der Waals surface area contributed by atoms with Gasteiger partial charge in [-0.2, -0.15) is 5.10 Å². The maximum Gasteiger partial charge on any atom is 0.249 e. The zero-order valence-corrected chi connectivity index (χ0v) is 25.4. The molecule has 13 heteroatoms. The summed E-state index contributed by atoms with van der Waals surface area (Å²) in [6.45, 7) is 5.24. The minimum absolute atomic E-state index is 0.0658. The summed E-state index contributed by atoms with van der Waals surface area (Å²) >= 11 is 6.82. The molecule has 1 aliphatic carbocycles. The van der Waals surface area contributed by atoms with Gasteiger partial charge in [0.25, 0.3) is 0 Å². The molecule has 0 aliphatic heterocycles. The van der Waals surface area contributed by atoms with Crippen LogP contribution in [0.25, 0.3) is 11.5 Å². The van der Waals surface area contributed by atoms with Crippen molar-refractivity contribution in [3.05, 3.63) is 70.8 Å². The van der Waals surface area contributed by atoms with Gasteiger partial charge in [-0.1, -0.05) is 48.9 Å². The van der Waals surface area contributed by atoms with Gasteiger partial charge in [-0.15, -0.1) is 10.2 Å². The van der Waals surface area contributed by atoms with Gasteiger partial charge in [-0.05, 0) is 49.3 Å². The van der Waals surface area contributed by atoms with Crippen LogP contribution in [-0.2, 0) is 35.6 Å². The first-order valence-electron chi connectivity index (χ1n) is 13.4. The summed E-state index contributed by atoms with van der Waals surface area (Å²) in [5, 5.41) is 13.2. The summed E-state index contributed by atoms with van der Waals surface area (Å²) in [4.78, 5) is 6.83. The number of nitrogens with two attached hydrogens (primary N) is 1. The molecule has 2 unspecified atom stereocenters. The molecule has 0 radical (unpaired) electrons. The maximum atomic E-state index is 12.6. The zero-order valence-electron chi connectivity index (χ0n) is 23.8. The predicted octanol–water partition coefficient (Wildman–Crippen LogP) is 3.99. The van der Waals surface area contributed by atoms with Crippen LogP contribution in [-0.4, -0.2) is 53.2 Å². The fourth-order valence-corrected chi connectivity index (χ4v) is 5.56. The molecule has 3 aromatic heterocycles. The Morgan fingerprint density at radius 2 is 1.93 bits per heavy atom. The van der Waals surface area contributed by atoms with E-state index in [1.165, 1.54) is 7.05 Å². The molecule has 2 N–H and O–H groups in total.